The minimum absolute atomic E-state index is 0.690. The second kappa shape index (κ2) is 7.28. The first-order chi connectivity index (χ1) is 12.3. The largest absolute Gasteiger partial charge is 0.229 e. The summed E-state index contributed by atoms with van der Waals surface area (Å²) in [4.78, 5) is 11.1. The molecule has 8 heteroatoms. The van der Waals surface area contributed by atoms with E-state index < -0.39 is 0 Å². The molecular weight excluding hydrogens is 352 g/mol. The molecule has 0 aliphatic carbocycles. The highest BCUT2D eigenvalue weighted by molar-refractivity contribution is 7.98. The fourth-order valence-electron chi connectivity index (χ4n) is 2.54. The van der Waals surface area contributed by atoms with E-state index in [0.717, 1.165) is 34.0 Å². The molecule has 25 heavy (non-hydrogen) atoms. The number of hydrogen-bond acceptors (Lipinski definition) is 7. The molecule has 0 N–H and O–H groups in total. The first-order valence-corrected chi connectivity index (χ1v) is 9.83. The van der Waals surface area contributed by atoms with Crippen LogP contribution in [0.25, 0.3) is 20.7 Å². The Bertz CT molecular complexity index is 979. The number of aromatic nitrogens is 6. The molecule has 0 aliphatic heterocycles. The van der Waals surface area contributed by atoms with Crippen LogP contribution in [0, 0.1) is 0 Å². The topological polar surface area (TPSA) is 69.4 Å². The summed E-state index contributed by atoms with van der Waals surface area (Å²) in [6.07, 6.45) is 2.64. The van der Waals surface area contributed by atoms with Crippen molar-refractivity contribution in [2.45, 2.75) is 30.7 Å². The van der Waals surface area contributed by atoms with E-state index in [1.165, 1.54) is 10.4 Å². The van der Waals surface area contributed by atoms with Crippen LogP contribution in [-0.4, -0.2) is 30.2 Å². The highest BCUT2D eigenvalue weighted by atomic mass is 32.2. The van der Waals surface area contributed by atoms with Gasteiger partial charge in [0.15, 0.2) is 5.82 Å². The van der Waals surface area contributed by atoms with Crippen LogP contribution in [0.1, 0.15) is 19.2 Å². The van der Waals surface area contributed by atoms with E-state index in [1.54, 1.807) is 29.4 Å². The van der Waals surface area contributed by atoms with Crippen LogP contribution in [0.2, 0.25) is 0 Å². The standard InChI is InChI=1S/C17H16N6S2/c1-2-8-23-15(20-21-22-23)10-24-16-13-9-14(12-6-4-3-5-7-12)25-17(13)19-11-18-16/h3-7,9,11H,2,8,10H2,1H3. The van der Waals surface area contributed by atoms with Crippen LogP contribution in [-0.2, 0) is 12.3 Å². The second-order valence-electron chi connectivity index (χ2n) is 5.48. The summed E-state index contributed by atoms with van der Waals surface area (Å²) in [7, 11) is 0. The molecule has 0 radical (unpaired) electrons. The molecule has 4 aromatic rings. The molecule has 1 aromatic carbocycles. The predicted molar refractivity (Wildman–Crippen MR) is 101 cm³/mol. The maximum absolute atomic E-state index is 4.47. The lowest BCUT2D eigenvalue weighted by Crippen LogP contribution is -2.04. The molecule has 3 heterocycles. The Balaban J connectivity index is 1.61. The number of hydrogen-bond donors (Lipinski definition) is 0. The molecule has 3 aromatic heterocycles. The van der Waals surface area contributed by atoms with E-state index in [-0.39, 0.29) is 0 Å². The van der Waals surface area contributed by atoms with Gasteiger partial charge in [0.25, 0.3) is 0 Å². The molecule has 126 valence electrons. The Morgan fingerprint density at radius 2 is 2.04 bits per heavy atom. The molecule has 0 aliphatic rings. The van der Waals surface area contributed by atoms with E-state index in [0.29, 0.717) is 5.75 Å². The van der Waals surface area contributed by atoms with Crippen molar-refractivity contribution >= 4 is 33.3 Å². The number of thiophene rings is 1. The van der Waals surface area contributed by atoms with E-state index in [2.05, 4.69) is 62.7 Å². The molecule has 6 nitrogen and oxygen atoms in total. The average Bonchev–Trinajstić information content (AvgIpc) is 3.28. The normalized spacial score (nSPS) is 11.2. The number of aryl methyl sites for hydroxylation is 1. The van der Waals surface area contributed by atoms with Gasteiger partial charge in [-0.05, 0) is 28.5 Å². The fraction of sp³-hybridized carbons (Fsp3) is 0.235. The van der Waals surface area contributed by atoms with Crippen molar-refractivity contribution in [3.63, 3.8) is 0 Å². The first kappa shape index (κ1) is 16.2. The highest BCUT2D eigenvalue weighted by Crippen LogP contribution is 2.36. The number of thioether (sulfide) groups is 1. The molecule has 0 amide bonds. The summed E-state index contributed by atoms with van der Waals surface area (Å²) in [5.41, 5.74) is 1.20. The van der Waals surface area contributed by atoms with Crippen molar-refractivity contribution in [2.24, 2.45) is 0 Å². The molecule has 0 saturated carbocycles. The smallest absolute Gasteiger partial charge is 0.161 e. The fourth-order valence-corrected chi connectivity index (χ4v) is 4.51. The van der Waals surface area contributed by atoms with Crippen LogP contribution >= 0.6 is 23.1 Å². The van der Waals surface area contributed by atoms with E-state index in [4.69, 9.17) is 0 Å². The lowest BCUT2D eigenvalue weighted by molar-refractivity contribution is 0.564. The van der Waals surface area contributed by atoms with Crippen molar-refractivity contribution in [3.05, 3.63) is 48.5 Å². The third-order valence-electron chi connectivity index (χ3n) is 3.73. The minimum Gasteiger partial charge on any atom is -0.229 e. The van der Waals surface area contributed by atoms with Gasteiger partial charge in [-0.3, -0.25) is 0 Å². The highest BCUT2D eigenvalue weighted by Gasteiger charge is 2.12. The summed E-state index contributed by atoms with van der Waals surface area (Å²) in [6, 6.07) is 12.5. The molecule has 0 spiro atoms. The number of rotatable bonds is 6. The first-order valence-electron chi connectivity index (χ1n) is 8.03. The Morgan fingerprint density at radius 3 is 2.88 bits per heavy atom. The minimum atomic E-state index is 0.690. The second-order valence-corrected chi connectivity index (χ2v) is 7.48. The van der Waals surface area contributed by atoms with Crippen LogP contribution < -0.4 is 0 Å². The van der Waals surface area contributed by atoms with E-state index in [1.807, 2.05) is 10.7 Å². The number of benzene rings is 1. The van der Waals surface area contributed by atoms with Gasteiger partial charge in [0.2, 0.25) is 0 Å². The Labute approximate surface area is 153 Å². The molecule has 0 saturated heterocycles. The average molecular weight is 368 g/mol. The third kappa shape index (κ3) is 3.40. The van der Waals surface area contributed by atoms with Crippen molar-refractivity contribution in [2.75, 3.05) is 0 Å². The van der Waals surface area contributed by atoms with Crippen molar-refractivity contribution in [1.29, 1.82) is 0 Å². The van der Waals surface area contributed by atoms with Gasteiger partial charge in [-0.2, -0.15) is 0 Å². The maximum atomic E-state index is 4.47. The molecule has 0 unspecified atom stereocenters. The van der Waals surface area contributed by atoms with Gasteiger partial charge in [0, 0.05) is 16.8 Å². The zero-order valence-electron chi connectivity index (χ0n) is 13.7. The number of nitrogens with zero attached hydrogens (tertiary/aromatic N) is 6. The monoisotopic (exact) mass is 368 g/mol. The van der Waals surface area contributed by atoms with Gasteiger partial charge in [-0.25, -0.2) is 14.6 Å². The van der Waals surface area contributed by atoms with Crippen LogP contribution in [0.3, 0.4) is 0 Å². The number of fused-ring (bicyclic) bond motifs is 1. The van der Waals surface area contributed by atoms with Gasteiger partial charge >= 0.3 is 0 Å². The van der Waals surface area contributed by atoms with Crippen molar-refractivity contribution < 1.29 is 0 Å². The van der Waals surface area contributed by atoms with Crippen molar-refractivity contribution in [3.8, 4) is 10.4 Å². The zero-order valence-corrected chi connectivity index (χ0v) is 15.3. The molecule has 0 bridgehead atoms. The van der Waals surface area contributed by atoms with E-state index >= 15 is 0 Å². The van der Waals surface area contributed by atoms with Crippen LogP contribution in [0.15, 0.2) is 47.8 Å². The van der Waals surface area contributed by atoms with Crippen LogP contribution in [0.4, 0.5) is 0 Å². The zero-order chi connectivity index (χ0) is 17.1. The van der Waals surface area contributed by atoms with Gasteiger partial charge in [-0.15, -0.1) is 16.4 Å². The summed E-state index contributed by atoms with van der Waals surface area (Å²) < 4.78 is 1.86. The summed E-state index contributed by atoms with van der Waals surface area (Å²) in [6.45, 7) is 2.95. The molecule has 4 rings (SSSR count). The summed E-state index contributed by atoms with van der Waals surface area (Å²) in [5, 5.41) is 14.0. The quantitative estimate of drug-likeness (QED) is 0.378. The SMILES string of the molecule is CCCn1nnnc1CSc1ncnc2sc(-c3ccccc3)cc12. The van der Waals surface area contributed by atoms with E-state index in [9.17, 15) is 0 Å². The maximum Gasteiger partial charge on any atom is 0.161 e. The third-order valence-corrected chi connectivity index (χ3v) is 5.82. The van der Waals surface area contributed by atoms with Crippen molar-refractivity contribution in [1.82, 2.24) is 30.2 Å². The molecule has 0 fully saturated rings. The number of tetrazole rings is 1. The Hall–Kier alpha value is -2.32. The lowest BCUT2D eigenvalue weighted by atomic mass is 10.2. The predicted octanol–water partition coefficient (Wildman–Crippen LogP) is 4.05. The van der Waals surface area contributed by atoms with Gasteiger partial charge in [0.05, 0.1) is 5.75 Å². The summed E-state index contributed by atoms with van der Waals surface area (Å²) in [5.74, 6) is 1.56. The molecular formula is C17H16N6S2. The molecule has 0 atom stereocenters. The lowest BCUT2D eigenvalue weighted by Gasteiger charge is -2.03. The van der Waals surface area contributed by atoms with Gasteiger partial charge in [0.1, 0.15) is 16.2 Å². The van der Waals surface area contributed by atoms with Gasteiger partial charge in [-0.1, -0.05) is 49.0 Å². The van der Waals surface area contributed by atoms with Crippen LogP contribution in [0.5, 0.6) is 0 Å². The van der Waals surface area contributed by atoms with Gasteiger partial charge < -0.3 is 0 Å². The Kier molecular flexibility index (Phi) is 4.71. The Morgan fingerprint density at radius 1 is 1.16 bits per heavy atom. The summed E-state index contributed by atoms with van der Waals surface area (Å²) >= 11 is 3.34.